The lowest BCUT2D eigenvalue weighted by molar-refractivity contribution is -0.137. The van der Waals surface area contributed by atoms with Crippen LogP contribution in [-0.2, 0) is 12.7 Å². The standard InChI is InChI=1S/C15H10F4N2O/c16-12-7-10(15(17,18)19)6-5-9(12)8-20-14-11-3-1-2-4-13(11)22-21-14/h1-7H,8H2,(H,20,21). The van der Waals surface area contributed by atoms with E-state index in [1.165, 1.54) is 0 Å². The summed E-state index contributed by atoms with van der Waals surface area (Å²) < 4.78 is 56.3. The van der Waals surface area contributed by atoms with Gasteiger partial charge in [-0.25, -0.2) is 4.39 Å². The van der Waals surface area contributed by atoms with Crippen LogP contribution >= 0.6 is 0 Å². The molecule has 1 aromatic heterocycles. The molecule has 0 fully saturated rings. The van der Waals surface area contributed by atoms with Crippen molar-refractivity contribution < 1.29 is 22.1 Å². The Hall–Kier alpha value is -2.57. The van der Waals surface area contributed by atoms with Gasteiger partial charge in [0.15, 0.2) is 11.4 Å². The van der Waals surface area contributed by atoms with E-state index in [0.717, 1.165) is 17.5 Å². The van der Waals surface area contributed by atoms with Gasteiger partial charge in [0.2, 0.25) is 0 Å². The smallest absolute Gasteiger partial charge is 0.363 e. The topological polar surface area (TPSA) is 38.1 Å². The van der Waals surface area contributed by atoms with Crippen molar-refractivity contribution in [3.8, 4) is 0 Å². The molecule has 2 aromatic carbocycles. The first-order chi connectivity index (χ1) is 10.4. The van der Waals surface area contributed by atoms with Gasteiger partial charge in [0.05, 0.1) is 10.9 Å². The molecular weight excluding hydrogens is 300 g/mol. The van der Waals surface area contributed by atoms with Gasteiger partial charge in [-0.05, 0) is 24.3 Å². The molecule has 114 valence electrons. The first-order valence-corrected chi connectivity index (χ1v) is 6.39. The molecule has 1 heterocycles. The predicted molar refractivity (Wildman–Crippen MR) is 72.7 cm³/mol. The highest BCUT2D eigenvalue weighted by molar-refractivity contribution is 5.87. The van der Waals surface area contributed by atoms with Gasteiger partial charge in [0.1, 0.15) is 5.82 Å². The third kappa shape index (κ3) is 2.74. The third-order valence-electron chi connectivity index (χ3n) is 3.20. The van der Waals surface area contributed by atoms with Gasteiger partial charge in [0.25, 0.3) is 0 Å². The van der Waals surface area contributed by atoms with Crippen molar-refractivity contribution in [3.05, 3.63) is 59.4 Å². The van der Waals surface area contributed by atoms with E-state index < -0.39 is 17.6 Å². The average molecular weight is 310 g/mol. The zero-order valence-corrected chi connectivity index (χ0v) is 11.1. The molecule has 0 aliphatic carbocycles. The average Bonchev–Trinajstić information content (AvgIpc) is 2.88. The van der Waals surface area contributed by atoms with Crippen LogP contribution in [0.15, 0.2) is 47.0 Å². The molecule has 0 saturated carbocycles. The number of halogens is 4. The SMILES string of the molecule is Fc1cc(C(F)(F)F)ccc1CNc1noc2ccccc12. The quantitative estimate of drug-likeness (QED) is 0.719. The maximum Gasteiger partial charge on any atom is 0.416 e. The number of anilines is 1. The van der Waals surface area contributed by atoms with Gasteiger partial charge in [0, 0.05) is 12.1 Å². The second-order valence-electron chi connectivity index (χ2n) is 4.68. The normalized spacial score (nSPS) is 11.8. The molecule has 0 amide bonds. The molecule has 3 rings (SSSR count). The van der Waals surface area contributed by atoms with Crippen LogP contribution in [0.4, 0.5) is 23.4 Å². The van der Waals surface area contributed by atoms with Crippen LogP contribution in [0.1, 0.15) is 11.1 Å². The molecule has 0 bridgehead atoms. The minimum atomic E-state index is -4.56. The van der Waals surface area contributed by atoms with Crippen molar-refractivity contribution in [3.63, 3.8) is 0 Å². The third-order valence-corrected chi connectivity index (χ3v) is 3.20. The molecular formula is C15H10F4N2O. The molecule has 0 spiro atoms. The van der Waals surface area contributed by atoms with Crippen LogP contribution in [-0.4, -0.2) is 5.16 Å². The summed E-state index contributed by atoms with van der Waals surface area (Å²) in [6, 6.07) is 9.52. The highest BCUT2D eigenvalue weighted by Crippen LogP contribution is 2.30. The zero-order chi connectivity index (χ0) is 15.7. The number of hydrogen-bond acceptors (Lipinski definition) is 3. The van der Waals surface area contributed by atoms with Gasteiger partial charge >= 0.3 is 6.18 Å². The van der Waals surface area contributed by atoms with Gasteiger partial charge in [-0.15, -0.1) is 0 Å². The second-order valence-corrected chi connectivity index (χ2v) is 4.68. The van der Waals surface area contributed by atoms with Crippen LogP contribution in [0.25, 0.3) is 11.0 Å². The molecule has 0 unspecified atom stereocenters. The van der Waals surface area contributed by atoms with Crippen molar-refractivity contribution >= 4 is 16.8 Å². The Morgan fingerprint density at radius 1 is 1.09 bits per heavy atom. The fourth-order valence-corrected chi connectivity index (χ4v) is 2.06. The summed E-state index contributed by atoms with van der Waals surface area (Å²) >= 11 is 0. The van der Waals surface area contributed by atoms with Gasteiger partial charge < -0.3 is 9.84 Å². The number of para-hydroxylation sites is 1. The Balaban J connectivity index is 1.79. The van der Waals surface area contributed by atoms with E-state index >= 15 is 0 Å². The van der Waals surface area contributed by atoms with E-state index in [1.807, 2.05) is 0 Å². The number of nitrogens with one attached hydrogen (secondary N) is 1. The predicted octanol–water partition coefficient (Wildman–Crippen LogP) is 4.60. The van der Waals surface area contributed by atoms with Crippen molar-refractivity contribution in [1.82, 2.24) is 5.16 Å². The van der Waals surface area contributed by atoms with Crippen LogP contribution < -0.4 is 5.32 Å². The van der Waals surface area contributed by atoms with Crippen LogP contribution in [0.5, 0.6) is 0 Å². The number of benzene rings is 2. The molecule has 0 aliphatic heterocycles. The fourth-order valence-electron chi connectivity index (χ4n) is 2.06. The molecule has 22 heavy (non-hydrogen) atoms. The van der Waals surface area contributed by atoms with Crippen molar-refractivity contribution in [2.45, 2.75) is 12.7 Å². The van der Waals surface area contributed by atoms with Crippen LogP contribution in [0.3, 0.4) is 0 Å². The summed E-state index contributed by atoms with van der Waals surface area (Å²) in [7, 11) is 0. The fraction of sp³-hybridized carbons (Fsp3) is 0.133. The first-order valence-electron chi connectivity index (χ1n) is 6.39. The summed E-state index contributed by atoms with van der Waals surface area (Å²) in [5, 5.41) is 7.38. The lowest BCUT2D eigenvalue weighted by Crippen LogP contribution is -2.08. The van der Waals surface area contributed by atoms with Crippen molar-refractivity contribution in [1.29, 1.82) is 0 Å². The molecule has 1 N–H and O–H groups in total. The van der Waals surface area contributed by atoms with Gasteiger partial charge in [-0.1, -0.05) is 23.4 Å². The Morgan fingerprint density at radius 3 is 2.59 bits per heavy atom. The van der Waals surface area contributed by atoms with Crippen molar-refractivity contribution in [2.24, 2.45) is 0 Å². The van der Waals surface area contributed by atoms with Gasteiger partial charge in [-0.2, -0.15) is 13.2 Å². The van der Waals surface area contributed by atoms with E-state index in [0.29, 0.717) is 17.5 Å². The summed E-state index contributed by atoms with van der Waals surface area (Å²) in [6.07, 6.45) is -4.56. The van der Waals surface area contributed by atoms with Crippen molar-refractivity contribution in [2.75, 3.05) is 5.32 Å². The summed E-state index contributed by atoms with van der Waals surface area (Å²) in [5.74, 6) is -0.509. The monoisotopic (exact) mass is 310 g/mol. The largest absolute Gasteiger partial charge is 0.416 e. The van der Waals surface area contributed by atoms with E-state index in [2.05, 4.69) is 10.5 Å². The van der Waals surface area contributed by atoms with Crippen LogP contribution in [0.2, 0.25) is 0 Å². The second kappa shape index (κ2) is 5.32. The molecule has 7 heteroatoms. The molecule has 3 nitrogen and oxygen atoms in total. The van der Waals surface area contributed by atoms with E-state index in [4.69, 9.17) is 4.52 Å². The first kappa shape index (κ1) is 14.4. The Kier molecular flexibility index (Phi) is 3.48. The molecule has 0 atom stereocenters. The number of hydrogen-bond donors (Lipinski definition) is 1. The molecule has 0 radical (unpaired) electrons. The number of rotatable bonds is 3. The maximum absolute atomic E-state index is 13.7. The molecule has 0 saturated heterocycles. The number of alkyl halides is 3. The molecule has 3 aromatic rings. The van der Waals surface area contributed by atoms with E-state index in [-0.39, 0.29) is 12.1 Å². The lowest BCUT2D eigenvalue weighted by atomic mass is 10.1. The van der Waals surface area contributed by atoms with E-state index in [9.17, 15) is 17.6 Å². The Bertz CT molecular complexity index is 811. The molecule has 0 aliphatic rings. The Morgan fingerprint density at radius 2 is 1.86 bits per heavy atom. The minimum Gasteiger partial charge on any atom is -0.363 e. The number of aromatic nitrogens is 1. The highest BCUT2D eigenvalue weighted by atomic mass is 19.4. The minimum absolute atomic E-state index is 0.000494. The maximum atomic E-state index is 13.7. The highest BCUT2D eigenvalue weighted by Gasteiger charge is 2.31. The van der Waals surface area contributed by atoms with Gasteiger partial charge in [-0.3, -0.25) is 0 Å². The number of fused-ring (bicyclic) bond motifs is 1. The lowest BCUT2D eigenvalue weighted by Gasteiger charge is -2.09. The van der Waals surface area contributed by atoms with E-state index in [1.54, 1.807) is 24.3 Å². The summed E-state index contributed by atoms with van der Waals surface area (Å²) in [5.41, 5.74) is -0.335. The number of nitrogens with zero attached hydrogens (tertiary/aromatic N) is 1. The van der Waals surface area contributed by atoms with Crippen LogP contribution in [0, 0.1) is 5.82 Å². The summed E-state index contributed by atoms with van der Waals surface area (Å²) in [6.45, 7) is 0.000494. The zero-order valence-electron chi connectivity index (χ0n) is 11.1. The Labute approximate surface area is 122 Å². The summed E-state index contributed by atoms with van der Waals surface area (Å²) in [4.78, 5) is 0.